The van der Waals surface area contributed by atoms with Crippen LogP contribution >= 0.6 is 0 Å². The minimum atomic E-state index is -4.56. The molecule has 1 aliphatic heterocycles. The molecule has 1 unspecified atom stereocenters. The summed E-state index contributed by atoms with van der Waals surface area (Å²) in [5.74, 6) is -0.925. The van der Waals surface area contributed by atoms with E-state index in [0.29, 0.717) is 0 Å². The first kappa shape index (κ1) is 17.2. The molecule has 0 N–H and O–H groups in total. The second-order valence-electron chi connectivity index (χ2n) is 6.25. The highest BCUT2D eigenvalue weighted by Gasteiger charge is 2.40. The molecule has 0 bridgehead atoms. The summed E-state index contributed by atoms with van der Waals surface area (Å²) in [7, 11) is 0. The van der Waals surface area contributed by atoms with Crippen molar-refractivity contribution in [2.75, 3.05) is 4.90 Å². The summed E-state index contributed by atoms with van der Waals surface area (Å²) in [6, 6.07) is 1.07. The monoisotopic (exact) mass is 330 g/mol. The molecule has 23 heavy (non-hydrogen) atoms. The lowest BCUT2D eigenvalue weighted by Crippen LogP contribution is -2.42. The molecule has 126 valence electrons. The molecular formula is C15H17F3N2O3. The molecule has 1 saturated heterocycles. The Balaban J connectivity index is 2.25. The third-order valence-electron chi connectivity index (χ3n) is 3.21. The lowest BCUT2D eigenvalue weighted by molar-refractivity contribution is -0.156. The fraction of sp³-hybridized carbons (Fsp3) is 0.533. The van der Waals surface area contributed by atoms with Crippen molar-refractivity contribution >= 4 is 17.6 Å². The molecule has 0 spiro atoms. The number of amides is 1. The van der Waals surface area contributed by atoms with Gasteiger partial charge in [-0.15, -0.1) is 0 Å². The number of ether oxygens (including phenoxy) is 1. The molecular weight excluding hydrogens is 313 g/mol. The highest BCUT2D eigenvalue weighted by Crippen LogP contribution is 2.31. The van der Waals surface area contributed by atoms with E-state index in [9.17, 15) is 22.8 Å². The van der Waals surface area contributed by atoms with Crippen molar-refractivity contribution in [3.8, 4) is 0 Å². The summed E-state index contributed by atoms with van der Waals surface area (Å²) in [6.07, 6.45) is -3.22. The van der Waals surface area contributed by atoms with Gasteiger partial charge in [-0.2, -0.15) is 13.2 Å². The van der Waals surface area contributed by atoms with E-state index in [1.54, 1.807) is 20.8 Å². The van der Waals surface area contributed by atoms with Crippen LogP contribution in [0.4, 0.5) is 18.9 Å². The van der Waals surface area contributed by atoms with Gasteiger partial charge in [-0.05, 0) is 39.3 Å². The number of hydrogen-bond donors (Lipinski definition) is 0. The van der Waals surface area contributed by atoms with E-state index in [2.05, 4.69) is 4.98 Å². The average Bonchev–Trinajstić information content (AvgIpc) is 2.78. The van der Waals surface area contributed by atoms with Crippen molar-refractivity contribution in [1.29, 1.82) is 0 Å². The highest BCUT2D eigenvalue weighted by molar-refractivity contribution is 6.02. The SMILES string of the molecule is CC(C)(C)OC(=O)C1CCC(=O)N1c1ccc(C(F)(F)F)nc1. The molecule has 1 aromatic heterocycles. The predicted octanol–water partition coefficient (Wildman–Crippen LogP) is 2.94. The van der Waals surface area contributed by atoms with Crippen molar-refractivity contribution in [3.05, 3.63) is 24.0 Å². The summed E-state index contributed by atoms with van der Waals surface area (Å²) >= 11 is 0. The van der Waals surface area contributed by atoms with Gasteiger partial charge in [0.05, 0.1) is 11.9 Å². The Kier molecular flexibility index (Phi) is 4.37. The number of esters is 1. The van der Waals surface area contributed by atoms with Crippen LogP contribution in [0.25, 0.3) is 0 Å². The van der Waals surface area contributed by atoms with Gasteiger partial charge in [0.25, 0.3) is 0 Å². The number of halogens is 3. The zero-order chi connectivity index (χ0) is 17.4. The second kappa shape index (κ2) is 5.82. The van der Waals surface area contributed by atoms with Crippen LogP contribution in [0.2, 0.25) is 0 Å². The number of alkyl halides is 3. The molecule has 0 aliphatic carbocycles. The van der Waals surface area contributed by atoms with E-state index in [0.717, 1.165) is 23.2 Å². The summed E-state index contributed by atoms with van der Waals surface area (Å²) in [5, 5.41) is 0. The molecule has 1 aliphatic rings. The van der Waals surface area contributed by atoms with Crippen molar-refractivity contribution < 1.29 is 27.5 Å². The van der Waals surface area contributed by atoms with Crippen LogP contribution < -0.4 is 4.90 Å². The molecule has 2 heterocycles. The Hall–Kier alpha value is -2.12. The number of hydrogen-bond acceptors (Lipinski definition) is 4. The van der Waals surface area contributed by atoms with Crippen LogP contribution in [0.15, 0.2) is 18.3 Å². The number of anilines is 1. The van der Waals surface area contributed by atoms with E-state index >= 15 is 0 Å². The standard InChI is InChI=1S/C15H17F3N2O3/c1-14(2,3)23-13(22)10-5-7-12(21)20(10)9-4-6-11(19-8-9)15(16,17)18/h4,6,8,10H,5,7H2,1-3H3. The van der Waals surface area contributed by atoms with Crippen molar-refractivity contribution in [2.45, 2.75) is 51.4 Å². The predicted molar refractivity (Wildman–Crippen MR) is 75.6 cm³/mol. The quantitative estimate of drug-likeness (QED) is 0.782. The molecule has 1 aromatic rings. The van der Waals surface area contributed by atoms with E-state index in [1.807, 2.05) is 0 Å². The first-order chi connectivity index (χ1) is 10.5. The van der Waals surface area contributed by atoms with Gasteiger partial charge in [-0.25, -0.2) is 9.78 Å². The Morgan fingerprint density at radius 2 is 1.96 bits per heavy atom. The molecule has 0 radical (unpaired) electrons. The van der Waals surface area contributed by atoms with Gasteiger partial charge >= 0.3 is 12.1 Å². The number of aromatic nitrogens is 1. The smallest absolute Gasteiger partial charge is 0.433 e. The maximum Gasteiger partial charge on any atom is 0.433 e. The fourth-order valence-electron chi connectivity index (χ4n) is 2.30. The Morgan fingerprint density at radius 3 is 2.43 bits per heavy atom. The van der Waals surface area contributed by atoms with Gasteiger partial charge in [-0.1, -0.05) is 0 Å². The zero-order valence-corrected chi connectivity index (χ0v) is 13.0. The number of carbonyl (C=O) groups excluding carboxylic acids is 2. The Labute approximate surface area is 131 Å². The average molecular weight is 330 g/mol. The fourth-order valence-corrected chi connectivity index (χ4v) is 2.30. The number of carbonyl (C=O) groups is 2. The molecule has 0 saturated carbocycles. The molecule has 1 amide bonds. The molecule has 1 atom stereocenters. The maximum absolute atomic E-state index is 12.5. The number of nitrogens with zero attached hydrogens (tertiary/aromatic N) is 2. The summed E-state index contributed by atoms with van der Waals surface area (Å²) < 4.78 is 42.9. The first-order valence-electron chi connectivity index (χ1n) is 7.07. The molecule has 5 nitrogen and oxygen atoms in total. The van der Waals surface area contributed by atoms with Crippen LogP contribution in [-0.4, -0.2) is 28.5 Å². The van der Waals surface area contributed by atoms with Crippen molar-refractivity contribution in [2.24, 2.45) is 0 Å². The number of rotatable bonds is 2. The first-order valence-corrected chi connectivity index (χ1v) is 7.07. The van der Waals surface area contributed by atoms with Crippen LogP contribution in [0, 0.1) is 0 Å². The van der Waals surface area contributed by atoms with E-state index in [1.165, 1.54) is 0 Å². The zero-order valence-electron chi connectivity index (χ0n) is 13.0. The van der Waals surface area contributed by atoms with Gasteiger partial charge in [0.1, 0.15) is 17.3 Å². The van der Waals surface area contributed by atoms with Gasteiger partial charge < -0.3 is 4.74 Å². The summed E-state index contributed by atoms with van der Waals surface area (Å²) in [4.78, 5) is 28.7. The summed E-state index contributed by atoms with van der Waals surface area (Å²) in [5.41, 5.74) is -1.62. The molecule has 2 rings (SSSR count). The second-order valence-corrected chi connectivity index (χ2v) is 6.25. The minimum Gasteiger partial charge on any atom is -0.458 e. The van der Waals surface area contributed by atoms with E-state index in [4.69, 9.17) is 4.74 Å². The largest absolute Gasteiger partial charge is 0.458 e. The van der Waals surface area contributed by atoms with Gasteiger partial charge in [-0.3, -0.25) is 9.69 Å². The third kappa shape index (κ3) is 4.00. The van der Waals surface area contributed by atoms with E-state index in [-0.39, 0.29) is 24.4 Å². The molecule has 0 aromatic carbocycles. The summed E-state index contributed by atoms with van der Waals surface area (Å²) in [6.45, 7) is 5.10. The normalized spacial score (nSPS) is 19.1. The topological polar surface area (TPSA) is 59.5 Å². The van der Waals surface area contributed by atoms with Crippen LogP contribution in [-0.2, 0) is 20.5 Å². The van der Waals surface area contributed by atoms with E-state index < -0.39 is 29.5 Å². The highest BCUT2D eigenvalue weighted by atomic mass is 19.4. The lowest BCUT2D eigenvalue weighted by atomic mass is 10.1. The van der Waals surface area contributed by atoms with Crippen LogP contribution in [0.5, 0.6) is 0 Å². The lowest BCUT2D eigenvalue weighted by Gasteiger charge is -2.27. The third-order valence-corrected chi connectivity index (χ3v) is 3.21. The Bertz CT molecular complexity index is 606. The number of pyridine rings is 1. The van der Waals surface area contributed by atoms with Gasteiger partial charge in [0.2, 0.25) is 5.91 Å². The molecule has 8 heteroatoms. The van der Waals surface area contributed by atoms with Gasteiger partial charge in [0.15, 0.2) is 0 Å². The van der Waals surface area contributed by atoms with Crippen molar-refractivity contribution in [3.63, 3.8) is 0 Å². The minimum absolute atomic E-state index is 0.130. The maximum atomic E-state index is 12.5. The van der Waals surface area contributed by atoms with Crippen LogP contribution in [0.1, 0.15) is 39.3 Å². The van der Waals surface area contributed by atoms with Crippen LogP contribution in [0.3, 0.4) is 0 Å². The van der Waals surface area contributed by atoms with Crippen molar-refractivity contribution in [1.82, 2.24) is 4.98 Å². The molecule has 1 fully saturated rings. The Morgan fingerprint density at radius 1 is 1.30 bits per heavy atom. The van der Waals surface area contributed by atoms with Gasteiger partial charge in [0, 0.05) is 6.42 Å².